The van der Waals surface area contributed by atoms with Crippen LogP contribution in [-0.4, -0.2) is 54.6 Å². The maximum atomic E-state index is 13.0. The Morgan fingerprint density at radius 1 is 0.971 bits per heavy atom. The number of hydrogen-bond donors (Lipinski definition) is 3. The number of aromatic nitrogens is 2. The Labute approximate surface area is 207 Å². The Hall–Kier alpha value is -3.37. The molecule has 1 heterocycles. The number of aryl methyl sites for hydroxylation is 1. The molecule has 35 heavy (non-hydrogen) atoms. The van der Waals surface area contributed by atoms with Crippen molar-refractivity contribution >= 4 is 33.0 Å². The van der Waals surface area contributed by atoms with Crippen molar-refractivity contribution in [3.05, 3.63) is 59.9 Å². The Balaban J connectivity index is 1.79. The lowest BCUT2D eigenvalue weighted by Crippen LogP contribution is -2.30. The monoisotopic (exact) mass is 498 g/mol. The second-order valence-corrected chi connectivity index (χ2v) is 9.96. The van der Waals surface area contributed by atoms with Crippen LogP contribution in [0.3, 0.4) is 0 Å². The van der Waals surface area contributed by atoms with Crippen LogP contribution in [0.5, 0.6) is 0 Å². The van der Waals surface area contributed by atoms with Gasteiger partial charge in [0.2, 0.25) is 15.9 Å². The summed E-state index contributed by atoms with van der Waals surface area (Å²) in [5, 5.41) is 13.8. The molecular formula is C25H34N6O3S. The molecule has 1 aromatic heterocycles. The van der Waals surface area contributed by atoms with Crippen LogP contribution in [0.25, 0.3) is 5.69 Å². The molecule has 1 amide bonds. The number of anilines is 3. The van der Waals surface area contributed by atoms with Crippen LogP contribution in [0.15, 0.2) is 53.4 Å². The van der Waals surface area contributed by atoms with E-state index in [-0.39, 0.29) is 17.3 Å². The SMILES string of the molecule is CCNc1ccc(S(=O)(=O)N(CC)CC)cc1NCC(=O)Nc1c(C)nn(-c2ccccc2)c1C. The summed E-state index contributed by atoms with van der Waals surface area (Å²) in [7, 11) is -3.62. The third-order valence-corrected chi connectivity index (χ3v) is 7.74. The summed E-state index contributed by atoms with van der Waals surface area (Å²) in [5.74, 6) is -0.261. The van der Waals surface area contributed by atoms with E-state index in [0.29, 0.717) is 36.7 Å². The van der Waals surface area contributed by atoms with Gasteiger partial charge in [0.15, 0.2) is 0 Å². The number of amides is 1. The molecule has 3 rings (SSSR count). The van der Waals surface area contributed by atoms with Gasteiger partial charge in [0, 0.05) is 19.6 Å². The first-order chi connectivity index (χ1) is 16.7. The van der Waals surface area contributed by atoms with Crippen molar-refractivity contribution in [2.45, 2.75) is 39.5 Å². The van der Waals surface area contributed by atoms with Crippen molar-refractivity contribution in [1.29, 1.82) is 0 Å². The molecule has 0 aliphatic carbocycles. The molecule has 3 N–H and O–H groups in total. The maximum absolute atomic E-state index is 13.0. The zero-order valence-electron chi connectivity index (χ0n) is 20.9. The fourth-order valence-electron chi connectivity index (χ4n) is 3.89. The molecule has 0 unspecified atom stereocenters. The first-order valence-electron chi connectivity index (χ1n) is 11.8. The molecule has 0 spiro atoms. The minimum Gasteiger partial charge on any atom is -0.384 e. The Bertz CT molecular complexity index is 1270. The van der Waals surface area contributed by atoms with E-state index in [2.05, 4.69) is 21.0 Å². The predicted molar refractivity (Wildman–Crippen MR) is 141 cm³/mol. The second-order valence-electron chi connectivity index (χ2n) is 8.02. The highest BCUT2D eigenvalue weighted by Gasteiger charge is 2.23. The molecule has 10 heteroatoms. The fraction of sp³-hybridized carbons (Fsp3) is 0.360. The molecule has 0 aliphatic rings. The first kappa shape index (κ1) is 26.2. The standard InChI is InChI=1S/C25H34N6O3S/c1-6-26-22-15-14-21(35(33,34)30(7-2)8-3)16-23(22)27-17-24(32)28-25-18(4)29-31(19(25)5)20-12-10-9-11-13-20/h9-16,26-27H,6-8,17H2,1-5H3,(H,28,32). The van der Waals surface area contributed by atoms with Crippen LogP contribution >= 0.6 is 0 Å². The lowest BCUT2D eigenvalue weighted by molar-refractivity contribution is -0.114. The predicted octanol–water partition coefficient (Wildman–Crippen LogP) is 4.00. The number of nitrogens with zero attached hydrogens (tertiary/aromatic N) is 3. The average molecular weight is 499 g/mol. The van der Waals surface area contributed by atoms with Gasteiger partial charge in [0.1, 0.15) is 0 Å². The lowest BCUT2D eigenvalue weighted by Gasteiger charge is -2.20. The van der Waals surface area contributed by atoms with Crippen molar-refractivity contribution in [3.63, 3.8) is 0 Å². The highest BCUT2D eigenvalue weighted by Crippen LogP contribution is 2.28. The summed E-state index contributed by atoms with van der Waals surface area (Å²) in [6.07, 6.45) is 0. The third-order valence-electron chi connectivity index (χ3n) is 5.70. The van der Waals surface area contributed by atoms with Gasteiger partial charge in [-0.1, -0.05) is 32.0 Å². The molecule has 0 aliphatic heterocycles. The fourth-order valence-corrected chi connectivity index (χ4v) is 5.38. The summed E-state index contributed by atoms with van der Waals surface area (Å²) in [6, 6.07) is 14.6. The Morgan fingerprint density at radius 3 is 2.29 bits per heavy atom. The van der Waals surface area contributed by atoms with Gasteiger partial charge < -0.3 is 16.0 Å². The van der Waals surface area contributed by atoms with Gasteiger partial charge in [-0.25, -0.2) is 13.1 Å². The van der Waals surface area contributed by atoms with Crippen LogP contribution in [0.4, 0.5) is 17.1 Å². The summed E-state index contributed by atoms with van der Waals surface area (Å²) in [5.41, 5.74) is 4.37. The molecule has 0 fully saturated rings. The molecule has 3 aromatic rings. The van der Waals surface area contributed by atoms with E-state index in [1.54, 1.807) is 22.9 Å². The van der Waals surface area contributed by atoms with Crippen LogP contribution in [0.2, 0.25) is 0 Å². The van der Waals surface area contributed by atoms with Crippen LogP contribution in [0.1, 0.15) is 32.2 Å². The number of carbonyl (C=O) groups excluding carboxylic acids is 1. The van der Waals surface area contributed by atoms with Crippen molar-refractivity contribution in [3.8, 4) is 5.69 Å². The molecular weight excluding hydrogens is 464 g/mol. The van der Waals surface area contributed by atoms with Gasteiger partial charge in [-0.2, -0.15) is 9.40 Å². The van der Waals surface area contributed by atoms with E-state index >= 15 is 0 Å². The molecule has 0 saturated heterocycles. The number of carbonyl (C=O) groups is 1. The van der Waals surface area contributed by atoms with Crippen molar-refractivity contribution in [1.82, 2.24) is 14.1 Å². The summed E-state index contributed by atoms with van der Waals surface area (Å²) in [6.45, 7) is 10.7. The number of rotatable bonds is 11. The number of benzene rings is 2. The quantitative estimate of drug-likeness (QED) is 0.369. The van der Waals surface area contributed by atoms with E-state index in [9.17, 15) is 13.2 Å². The highest BCUT2D eigenvalue weighted by molar-refractivity contribution is 7.89. The van der Waals surface area contributed by atoms with Gasteiger partial charge in [0.25, 0.3) is 0 Å². The zero-order valence-corrected chi connectivity index (χ0v) is 21.7. The van der Waals surface area contributed by atoms with E-state index in [4.69, 9.17) is 0 Å². The Kier molecular flexibility index (Phi) is 8.52. The molecule has 0 saturated carbocycles. The van der Waals surface area contributed by atoms with E-state index in [1.165, 1.54) is 4.31 Å². The van der Waals surface area contributed by atoms with Crippen molar-refractivity contribution < 1.29 is 13.2 Å². The minimum atomic E-state index is -3.62. The molecule has 0 radical (unpaired) electrons. The summed E-state index contributed by atoms with van der Waals surface area (Å²) >= 11 is 0. The van der Waals surface area contributed by atoms with Crippen molar-refractivity contribution in [2.75, 3.05) is 42.1 Å². The van der Waals surface area contributed by atoms with E-state index in [0.717, 1.165) is 17.1 Å². The molecule has 188 valence electrons. The van der Waals surface area contributed by atoms with Crippen LogP contribution in [0, 0.1) is 13.8 Å². The van der Waals surface area contributed by atoms with Gasteiger partial charge in [-0.3, -0.25) is 4.79 Å². The molecule has 2 aromatic carbocycles. The molecule has 0 atom stereocenters. The van der Waals surface area contributed by atoms with E-state index < -0.39 is 10.0 Å². The highest BCUT2D eigenvalue weighted by atomic mass is 32.2. The average Bonchev–Trinajstić information content (AvgIpc) is 3.13. The summed E-state index contributed by atoms with van der Waals surface area (Å²) in [4.78, 5) is 13.0. The van der Waals surface area contributed by atoms with Gasteiger partial charge >= 0.3 is 0 Å². The van der Waals surface area contributed by atoms with Gasteiger partial charge in [-0.05, 0) is 51.1 Å². The smallest absolute Gasteiger partial charge is 0.243 e. The molecule has 0 bridgehead atoms. The minimum absolute atomic E-state index is 0.0391. The number of hydrogen-bond acceptors (Lipinski definition) is 6. The van der Waals surface area contributed by atoms with Crippen LogP contribution < -0.4 is 16.0 Å². The third kappa shape index (κ3) is 5.83. The van der Waals surface area contributed by atoms with Gasteiger partial charge in [-0.15, -0.1) is 0 Å². The Morgan fingerprint density at radius 2 is 1.66 bits per heavy atom. The molecule has 9 nitrogen and oxygen atoms in total. The van der Waals surface area contributed by atoms with Gasteiger partial charge in [0.05, 0.1) is 45.6 Å². The van der Waals surface area contributed by atoms with Crippen molar-refractivity contribution in [2.24, 2.45) is 0 Å². The van der Waals surface area contributed by atoms with Crippen LogP contribution in [-0.2, 0) is 14.8 Å². The first-order valence-corrected chi connectivity index (χ1v) is 13.2. The topological polar surface area (TPSA) is 108 Å². The summed E-state index contributed by atoms with van der Waals surface area (Å²) < 4.78 is 29.2. The lowest BCUT2D eigenvalue weighted by atomic mass is 10.2. The van der Waals surface area contributed by atoms with E-state index in [1.807, 2.05) is 65.0 Å². The normalized spacial score (nSPS) is 11.5. The maximum Gasteiger partial charge on any atom is 0.243 e. The number of sulfonamides is 1. The zero-order chi connectivity index (χ0) is 25.6. The largest absolute Gasteiger partial charge is 0.384 e. The second kappa shape index (κ2) is 11.4. The number of para-hydroxylation sites is 1. The number of nitrogens with one attached hydrogen (secondary N) is 3.